The summed E-state index contributed by atoms with van der Waals surface area (Å²) in [6.45, 7) is 4.16. The van der Waals surface area contributed by atoms with Gasteiger partial charge >= 0.3 is 0 Å². The quantitative estimate of drug-likeness (QED) is 0.788. The number of rotatable bonds is 2. The van der Waals surface area contributed by atoms with E-state index in [9.17, 15) is 0 Å². The molecule has 1 N–H and O–H groups in total. The molecule has 0 saturated carbocycles. The number of hydrogen-bond donors (Lipinski definition) is 1. The number of aromatic amines is 1. The van der Waals surface area contributed by atoms with Gasteiger partial charge in [-0.25, -0.2) is 0 Å². The standard InChI is InChI=1S/C13H14N2/c1-10-9-11(2)15-13(10)7-6-12-5-3-4-8-14-12/h3-9,15H,1-2H3. The summed E-state index contributed by atoms with van der Waals surface area (Å²) in [6.07, 6.45) is 5.87. The summed E-state index contributed by atoms with van der Waals surface area (Å²) in [5, 5.41) is 0. The van der Waals surface area contributed by atoms with Crippen LogP contribution in [0.25, 0.3) is 12.2 Å². The van der Waals surface area contributed by atoms with Crippen molar-refractivity contribution in [2.75, 3.05) is 0 Å². The Morgan fingerprint density at radius 1 is 1.20 bits per heavy atom. The first-order valence-electron chi connectivity index (χ1n) is 5.01. The van der Waals surface area contributed by atoms with Gasteiger partial charge in [-0.2, -0.15) is 0 Å². The Labute approximate surface area is 89.7 Å². The predicted molar refractivity (Wildman–Crippen MR) is 63.4 cm³/mol. The highest BCUT2D eigenvalue weighted by Gasteiger charge is 1.96. The number of nitrogens with one attached hydrogen (secondary N) is 1. The summed E-state index contributed by atoms with van der Waals surface area (Å²) >= 11 is 0. The lowest BCUT2D eigenvalue weighted by molar-refractivity contribution is 1.24. The molecule has 15 heavy (non-hydrogen) atoms. The van der Waals surface area contributed by atoms with Crippen LogP contribution in [0.15, 0.2) is 30.5 Å². The van der Waals surface area contributed by atoms with Crippen LogP contribution >= 0.6 is 0 Å². The van der Waals surface area contributed by atoms with Gasteiger partial charge < -0.3 is 4.98 Å². The van der Waals surface area contributed by atoms with Crippen molar-refractivity contribution in [1.82, 2.24) is 9.97 Å². The summed E-state index contributed by atoms with van der Waals surface area (Å²) in [7, 11) is 0. The molecular formula is C13H14N2. The summed E-state index contributed by atoms with van der Waals surface area (Å²) in [4.78, 5) is 7.53. The molecule has 2 nitrogen and oxygen atoms in total. The van der Waals surface area contributed by atoms with Crippen molar-refractivity contribution < 1.29 is 0 Å². The number of pyridine rings is 1. The molecular weight excluding hydrogens is 184 g/mol. The second kappa shape index (κ2) is 4.13. The molecule has 2 aromatic heterocycles. The van der Waals surface area contributed by atoms with Gasteiger partial charge in [0.1, 0.15) is 0 Å². The highest BCUT2D eigenvalue weighted by atomic mass is 14.7. The van der Waals surface area contributed by atoms with Crippen LogP contribution in [0.1, 0.15) is 22.6 Å². The Kier molecular flexibility index (Phi) is 2.68. The molecule has 0 aromatic carbocycles. The van der Waals surface area contributed by atoms with E-state index in [0.717, 1.165) is 11.4 Å². The maximum Gasteiger partial charge on any atom is 0.0630 e. The van der Waals surface area contributed by atoms with Gasteiger partial charge in [0.25, 0.3) is 0 Å². The molecule has 0 bridgehead atoms. The van der Waals surface area contributed by atoms with E-state index in [4.69, 9.17) is 0 Å². The molecule has 0 amide bonds. The molecule has 0 spiro atoms. The van der Waals surface area contributed by atoms with Crippen LogP contribution in [0.4, 0.5) is 0 Å². The summed E-state index contributed by atoms with van der Waals surface area (Å²) in [5.74, 6) is 0. The number of hydrogen-bond acceptors (Lipinski definition) is 1. The minimum absolute atomic E-state index is 0.976. The maximum atomic E-state index is 4.23. The van der Waals surface area contributed by atoms with Gasteiger partial charge in [0.05, 0.1) is 5.69 Å². The molecule has 2 heteroatoms. The van der Waals surface area contributed by atoms with E-state index < -0.39 is 0 Å². The third kappa shape index (κ3) is 2.34. The third-order valence-corrected chi connectivity index (χ3v) is 2.30. The second-order valence-electron chi connectivity index (χ2n) is 3.64. The normalized spacial score (nSPS) is 11.1. The van der Waals surface area contributed by atoms with E-state index in [2.05, 4.69) is 36.0 Å². The van der Waals surface area contributed by atoms with Crippen LogP contribution in [-0.4, -0.2) is 9.97 Å². The molecule has 0 aliphatic heterocycles. The van der Waals surface area contributed by atoms with E-state index in [1.165, 1.54) is 11.3 Å². The van der Waals surface area contributed by atoms with Crippen LogP contribution in [0.2, 0.25) is 0 Å². The second-order valence-corrected chi connectivity index (χ2v) is 3.64. The third-order valence-electron chi connectivity index (χ3n) is 2.30. The van der Waals surface area contributed by atoms with Crippen molar-refractivity contribution in [1.29, 1.82) is 0 Å². The number of aryl methyl sites for hydroxylation is 2. The lowest BCUT2D eigenvalue weighted by Crippen LogP contribution is -1.78. The zero-order valence-electron chi connectivity index (χ0n) is 8.99. The largest absolute Gasteiger partial charge is 0.359 e. The van der Waals surface area contributed by atoms with Crippen LogP contribution in [0.5, 0.6) is 0 Å². The number of aromatic nitrogens is 2. The van der Waals surface area contributed by atoms with Crippen LogP contribution in [-0.2, 0) is 0 Å². The minimum atomic E-state index is 0.976. The molecule has 0 atom stereocenters. The lowest BCUT2D eigenvalue weighted by Gasteiger charge is -1.92. The molecule has 0 fully saturated rings. The minimum Gasteiger partial charge on any atom is -0.359 e. The molecule has 2 heterocycles. The van der Waals surface area contributed by atoms with E-state index in [1.54, 1.807) is 6.20 Å². The monoisotopic (exact) mass is 198 g/mol. The van der Waals surface area contributed by atoms with E-state index in [1.807, 2.05) is 24.3 Å². The number of H-pyrrole nitrogens is 1. The molecule has 0 radical (unpaired) electrons. The van der Waals surface area contributed by atoms with Crippen molar-refractivity contribution >= 4 is 12.2 Å². The van der Waals surface area contributed by atoms with Gasteiger partial charge in [-0.05, 0) is 49.8 Å². The van der Waals surface area contributed by atoms with E-state index in [0.29, 0.717) is 0 Å². The molecule has 0 aliphatic carbocycles. The summed E-state index contributed by atoms with van der Waals surface area (Å²) < 4.78 is 0. The molecule has 0 saturated heterocycles. The van der Waals surface area contributed by atoms with Crippen LogP contribution in [0.3, 0.4) is 0 Å². The smallest absolute Gasteiger partial charge is 0.0630 e. The fourth-order valence-corrected chi connectivity index (χ4v) is 1.57. The SMILES string of the molecule is Cc1cc(C)c(C=Cc2ccccn2)[nH]1. The summed E-state index contributed by atoms with van der Waals surface area (Å²) in [5.41, 5.74) is 4.58. The Morgan fingerprint density at radius 2 is 2.07 bits per heavy atom. The fourth-order valence-electron chi connectivity index (χ4n) is 1.57. The van der Waals surface area contributed by atoms with Crippen molar-refractivity contribution in [2.45, 2.75) is 13.8 Å². The highest BCUT2D eigenvalue weighted by Crippen LogP contribution is 2.12. The van der Waals surface area contributed by atoms with Crippen LogP contribution < -0.4 is 0 Å². The number of nitrogens with zero attached hydrogens (tertiary/aromatic N) is 1. The average molecular weight is 198 g/mol. The van der Waals surface area contributed by atoms with Gasteiger partial charge in [0.2, 0.25) is 0 Å². The topological polar surface area (TPSA) is 28.7 Å². The molecule has 0 unspecified atom stereocenters. The first-order valence-corrected chi connectivity index (χ1v) is 5.01. The van der Waals surface area contributed by atoms with Crippen LogP contribution in [0, 0.1) is 13.8 Å². The van der Waals surface area contributed by atoms with Crippen molar-refractivity contribution in [3.8, 4) is 0 Å². The van der Waals surface area contributed by atoms with Crippen molar-refractivity contribution in [3.63, 3.8) is 0 Å². The van der Waals surface area contributed by atoms with Gasteiger partial charge in [0, 0.05) is 17.6 Å². The van der Waals surface area contributed by atoms with Gasteiger partial charge in [-0.1, -0.05) is 6.07 Å². The highest BCUT2D eigenvalue weighted by molar-refractivity contribution is 5.67. The Morgan fingerprint density at radius 3 is 2.67 bits per heavy atom. The van der Waals surface area contributed by atoms with Gasteiger partial charge in [-0.15, -0.1) is 0 Å². The Hall–Kier alpha value is -1.83. The van der Waals surface area contributed by atoms with E-state index >= 15 is 0 Å². The Bertz CT molecular complexity index is 467. The lowest BCUT2D eigenvalue weighted by atomic mass is 10.2. The molecule has 76 valence electrons. The van der Waals surface area contributed by atoms with Crippen molar-refractivity contribution in [2.24, 2.45) is 0 Å². The first kappa shape index (κ1) is 9.71. The molecule has 2 aromatic rings. The van der Waals surface area contributed by atoms with Gasteiger partial charge in [-0.3, -0.25) is 4.98 Å². The zero-order valence-corrected chi connectivity index (χ0v) is 8.99. The molecule has 0 aliphatic rings. The maximum absolute atomic E-state index is 4.23. The van der Waals surface area contributed by atoms with Crippen molar-refractivity contribution in [3.05, 3.63) is 53.1 Å². The predicted octanol–water partition coefficient (Wildman–Crippen LogP) is 3.20. The zero-order chi connectivity index (χ0) is 10.7. The summed E-state index contributed by atoms with van der Waals surface area (Å²) in [6, 6.07) is 8.03. The fraction of sp³-hybridized carbons (Fsp3) is 0.154. The Balaban J connectivity index is 2.22. The average Bonchev–Trinajstić information content (AvgIpc) is 2.56. The van der Waals surface area contributed by atoms with Gasteiger partial charge in [0.15, 0.2) is 0 Å². The first-order chi connectivity index (χ1) is 7.25. The molecule has 2 rings (SSSR count). The van der Waals surface area contributed by atoms with E-state index in [-0.39, 0.29) is 0 Å².